The summed E-state index contributed by atoms with van der Waals surface area (Å²) in [6, 6.07) is 15.5. The molecule has 0 unspecified atom stereocenters. The van der Waals surface area contributed by atoms with E-state index in [0.717, 1.165) is 44.3 Å². The topological polar surface area (TPSA) is 55.2 Å². The molecule has 0 aromatic heterocycles. The van der Waals surface area contributed by atoms with Crippen molar-refractivity contribution in [1.29, 1.82) is 0 Å². The highest BCUT2D eigenvalue weighted by Gasteiger charge is 2.05. The summed E-state index contributed by atoms with van der Waals surface area (Å²) in [5.41, 5.74) is 4.02. The van der Waals surface area contributed by atoms with Gasteiger partial charge < -0.3 is 5.32 Å². The van der Waals surface area contributed by atoms with E-state index in [0.29, 0.717) is 0 Å². The van der Waals surface area contributed by atoms with Gasteiger partial charge in [-0.2, -0.15) is 0 Å². The third-order valence-electron chi connectivity index (χ3n) is 3.92. The molecule has 4 heteroatoms. The maximum absolute atomic E-state index is 10.8. The Morgan fingerprint density at radius 1 is 0.957 bits per heavy atom. The lowest BCUT2D eigenvalue weighted by Gasteiger charge is -2.09. The Kier molecular flexibility index (Phi) is 6.76. The molecule has 0 spiro atoms. The van der Waals surface area contributed by atoms with Crippen molar-refractivity contribution >= 4 is 5.69 Å². The molecular weight excluding hydrogens is 288 g/mol. The summed E-state index contributed by atoms with van der Waals surface area (Å²) in [5.74, 6) is 0. The Morgan fingerprint density at radius 3 is 2.35 bits per heavy atom. The molecule has 0 saturated heterocycles. The Morgan fingerprint density at radius 2 is 1.65 bits per heavy atom. The zero-order chi connectivity index (χ0) is 16.5. The van der Waals surface area contributed by atoms with Crippen molar-refractivity contribution in [2.24, 2.45) is 0 Å². The Balaban J connectivity index is 1.76. The third kappa shape index (κ3) is 5.49. The van der Waals surface area contributed by atoms with Crippen molar-refractivity contribution in [3.8, 4) is 0 Å². The summed E-state index contributed by atoms with van der Waals surface area (Å²) >= 11 is 0. The van der Waals surface area contributed by atoms with Crippen molar-refractivity contribution in [3.63, 3.8) is 0 Å². The highest BCUT2D eigenvalue weighted by molar-refractivity contribution is 5.34. The van der Waals surface area contributed by atoms with Crippen LogP contribution in [-0.2, 0) is 19.3 Å². The first-order chi connectivity index (χ1) is 11.2. The summed E-state index contributed by atoms with van der Waals surface area (Å²) in [6.45, 7) is 3.96. The SMILES string of the molecule is CCCc1ccccc1CCNCCc1cccc([N+](=O)[O-])c1. The van der Waals surface area contributed by atoms with Crippen molar-refractivity contribution in [2.45, 2.75) is 32.6 Å². The largest absolute Gasteiger partial charge is 0.316 e. The van der Waals surface area contributed by atoms with E-state index in [9.17, 15) is 10.1 Å². The van der Waals surface area contributed by atoms with Gasteiger partial charge in [0.2, 0.25) is 0 Å². The summed E-state index contributed by atoms with van der Waals surface area (Å²) in [5, 5.41) is 14.2. The van der Waals surface area contributed by atoms with E-state index >= 15 is 0 Å². The van der Waals surface area contributed by atoms with Gasteiger partial charge in [0.05, 0.1) is 4.92 Å². The van der Waals surface area contributed by atoms with Crippen molar-refractivity contribution in [3.05, 3.63) is 75.3 Å². The molecule has 122 valence electrons. The first kappa shape index (κ1) is 17.2. The standard InChI is InChI=1S/C19H24N2O2/c1-2-6-17-8-3-4-9-18(17)12-14-20-13-11-16-7-5-10-19(15-16)21(22)23/h3-5,7-10,15,20H,2,6,11-14H2,1H3. The summed E-state index contributed by atoms with van der Waals surface area (Å²) < 4.78 is 0. The fourth-order valence-corrected chi connectivity index (χ4v) is 2.72. The molecule has 0 amide bonds. The van der Waals surface area contributed by atoms with E-state index in [2.05, 4.69) is 36.5 Å². The number of hydrogen-bond donors (Lipinski definition) is 1. The van der Waals surface area contributed by atoms with Crippen LogP contribution < -0.4 is 5.32 Å². The average Bonchev–Trinajstić information content (AvgIpc) is 2.56. The van der Waals surface area contributed by atoms with Gasteiger partial charge in [-0.3, -0.25) is 10.1 Å². The predicted molar refractivity (Wildman–Crippen MR) is 93.8 cm³/mol. The molecule has 0 saturated carbocycles. The molecular formula is C19H24N2O2. The van der Waals surface area contributed by atoms with E-state index < -0.39 is 0 Å². The number of rotatable bonds is 9. The molecule has 0 heterocycles. The van der Waals surface area contributed by atoms with Crippen LogP contribution in [0.3, 0.4) is 0 Å². The zero-order valence-corrected chi connectivity index (χ0v) is 13.6. The second kappa shape index (κ2) is 9.06. The molecule has 1 N–H and O–H groups in total. The van der Waals surface area contributed by atoms with E-state index in [1.165, 1.54) is 17.2 Å². The van der Waals surface area contributed by atoms with Crippen molar-refractivity contribution in [1.82, 2.24) is 5.32 Å². The molecule has 0 bridgehead atoms. The van der Waals surface area contributed by atoms with Gasteiger partial charge in [-0.1, -0.05) is 49.7 Å². The number of nitro benzene ring substituents is 1. The highest BCUT2D eigenvalue weighted by atomic mass is 16.6. The van der Waals surface area contributed by atoms with Gasteiger partial charge in [0.1, 0.15) is 0 Å². The second-order valence-electron chi connectivity index (χ2n) is 5.70. The van der Waals surface area contributed by atoms with Crippen LogP contribution in [0.4, 0.5) is 5.69 Å². The fraction of sp³-hybridized carbons (Fsp3) is 0.368. The van der Waals surface area contributed by atoms with Gasteiger partial charge in [0.25, 0.3) is 5.69 Å². The minimum absolute atomic E-state index is 0.163. The van der Waals surface area contributed by atoms with Crippen LogP contribution in [-0.4, -0.2) is 18.0 Å². The van der Waals surface area contributed by atoms with Crippen LogP contribution in [0.5, 0.6) is 0 Å². The molecule has 23 heavy (non-hydrogen) atoms. The van der Waals surface area contributed by atoms with Crippen molar-refractivity contribution in [2.75, 3.05) is 13.1 Å². The Labute approximate surface area is 137 Å². The number of benzene rings is 2. The molecule has 0 atom stereocenters. The quantitative estimate of drug-likeness (QED) is 0.434. The van der Waals surface area contributed by atoms with Crippen LogP contribution in [0.25, 0.3) is 0 Å². The number of hydrogen-bond acceptors (Lipinski definition) is 3. The fourth-order valence-electron chi connectivity index (χ4n) is 2.72. The molecule has 2 aromatic rings. The van der Waals surface area contributed by atoms with Gasteiger partial charge in [0.15, 0.2) is 0 Å². The molecule has 2 aromatic carbocycles. The van der Waals surface area contributed by atoms with E-state index in [-0.39, 0.29) is 10.6 Å². The number of nitrogens with zero attached hydrogens (tertiary/aromatic N) is 1. The zero-order valence-electron chi connectivity index (χ0n) is 13.6. The molecule has 0 fully saturated rings. The maximum Gasteiger partial charge on any atom is 0.269 e. The van der Waals surface area contributed by atoms with Crippen LogP contribution >= 0.6 is 0 Å². The van der Waals surface area contributed by atoms with E-state index in [4.69, 9.17) is 0 Å². The van der Waals surface area contributed by atoms with Gasteiger partial charge in [0, 0.05) is 12.1 Å². The second-order valence-corrected chi connectivity index (χ2v) is 5.70. The Bertz CT molecular complexity index is 641. The third-order valence-corrected chi connectivity index (χ3v) is 3.92. The van der Waals surface area contributed by atoms with E-state index in [1.807, 2.05) is 6.07 Å². The summed E-state index contributed by atoms with van der Waals surface area (Å²) in [6.07, 6.45) is 4.12. The van der Waals surface area contributed by atoms with E-state index in [1.54, 1.807) is 12.1 Å². The normalized spacial score (nSPS) is 10.7. The summed E-state index contributed by atoms with van der Waals surface area (Å²) in [4.78, 5) is 10.4. The van der Waals surface area contributed by atoms with Gasteiger partial charge >= 0.3 is 0 Å². The lowest BCUT2D eigenvalue weighted by molar-refractivity contribution is -0.384. The van der Waals surface area contributed by atoms with Crippen molar-refractivity contribution < 1.29 is 4.92 Å². The van der Waals surface area contributed by atoms with Gasteiger partial charge in [-0.15, -0.1) is 0 Å². The van der Waals surface area contributed by atoms with Gasteiger partial charge in [-0.05, 0) is 49.0 Å². The molecule has 4 nitrogen and oxygen atoms in total. The van der Waals surface area contributed by atoms with Crippen LogP contribution in [0.1, 0.15) is 30.0 Å². The minimum Gasteiger partial charge on any atom is -0.316 e. The molecule has 2 rings (SSSR count). The first-order valence-electron chi connectivity index (χ1n) is 8.21. The maximum atomic E-state index is 10.8. The van der Waals surface area contributed by atoms with Gasteiger partial charge in [-0.25, -0.2) is 0 Å². The predicted octanol–water partition coefficient (Wildman–Crippen LogP) is 3.92. The lowest BCUT2D eigenvalue weighted by Crippen LogP contribution is -2.20. The highest BCUT2D eigenvalue weighted by Crippen LogP contribution is 2.13. The number of nitrogens with one attached hydrogen (secondary N) is 1. The monoisotopic (exact) mass is 312 g/mol. The summed E-state index contributed by atoms with van der Waals surface area (Å²) in [7, 11) is 0. The number of aryl methyl sites for hydroxylation is 1. The Hall–Kier alpha value is -2.20. The number of non-ortho nitro benzene ring substituents is 1. The van der Waals surface area contributed by atoms with Crippen LogP contribution in [0.15, 0.2) is 48.5 Å². The van der Waals surface area contributed by atoms with Crippen LogP contribution in [0.2, 0.25) is 0 Å². The number of nitro groups is 1. The molecule has 0 aliphatic rings. The molecule has 0 aliphatic heterocycles. The van der Waals surface area contributed by atoms with Crippen LogP contribution in [0, 0.1) is 10.1 Å². The average molecular weight is 312 g/mol. The minimum atomic E-state index is -0.346. The molecule has 0 aliphatic carbocycles. The first-order valence-corrected chi connectivity index (χ1v) is 8.21. The lowest BCUT2D eigenvalue weighted by atomic mass is 10.0. The molecule has 0 radical (unpaired) electrons. The smallest absolute Gasteiger partial charge is 0.269 e.